The maximum atomic E-state index is 12.5. The van der Waals surface area contributed by atoms with Gasteiger partial charge >= 0.3 is 0 Å². The van der Waals surface area contributed by atoms with Gasteiger partial charge in [0.05, 0.1) is 32.2 Å². The predicted octanol–water partition coefficient (Wildman–Crippen LogP) is 5.66. The summed E-state index contributed by atoms with van der Waals surface area (Å²) in [6, 6.07) is 23.2. The maximum Gasteiger partial charge on any atom is 0.294 e. The Morgan fingerprint density at radius 1 is 0.975 bits per heavy atom. The number of fused-ring (bicyclic) bond motifs is 2. The largest absolute Gasteiger partial charge is 0.496 e. The fourth-order valence-electron chi connectivity index (χ4n) is 4.36. The molecule has 0 aliphatic carbocycles. The Kier molecular flexibility index (Phi) is 7.07. The highest BCUT2D eigenvalue weighted by Crippen LogP contribution is 2.37. The van der Waals surface area contributed by atoms with Gasteiger partial charge in [0.15, 0.2) is 5.76 Å². The SMILES string of the molecule is COc1cc(OCc2cccc(CC(=O)NCc3ccccc3)c2)c2cc(-c3cn4nc(OC)sc4n3)oc2c1. The standard InChI is InChI=1S/C30H26N4O5S/c1-36-22-13-25(23-15-27(39-26(23)14-22)24-17-34-29(32-24)40-30(33-34)37-2)38-18-21-10-6-9-20(11-21)12-28(35)31-16-19-7-4-3-5-8-19/h3-11,13-15,17H,12,16,18H2,1-2H3,(H,31,35). The lowest BCUT2D eigenvalue weighted by atomic mass is 10.1. The van der Waals surface area contributed by atoms with E-state index in [1.807, 2.05) is 72.8 Å². The summed E-state index contributed by atoms with van der Waals surface area (Å²) in [5.41, 5.74) is 4.20. The Bertz CT molecular complexity index is 1760. The molecule has 0 spiro atoms. The van der Waals surface area contributed by atoms with Crippen LogP contribution in [-0.2, 0) is 24.4 Å². The number of benzene rings is 3. The molecule has 0 unspecified atom stereocenters. The Labute approximate surface area is 233 Å². The van der Waals surface area contributed by atoms with Gasteiger partial charge in [-0.25, -0.2) is 9.50 Å². The number of hydrogen-bond acceptors (Lipinski definition) is 8. The molecule has 0 fully saturated rings. The molecule has 1 N–H and O–H groups in total. The second-order valence-electron chi connectivity index (χ2n) is 9.12. The van der Waals surface area contributed by atoms with E-state index in [1.165, 1.54) is 11.3 Å². The van der Waals surface area contributed by atoms with Crippen LogP contribution in [-0.4, -0.2) is 34.7 Å². The molecule has 1 amide bonds. The number of imidazole rings is 1. The highest BCUT2D eigenvalue weighted by molar-refractivity contribution is 7.18. The molecule has 3 aromatic heterocycles. The molecule has 0 saturated carbocycles. The number of methoxy groups -OCH3 is 2. The van der Waals surface area contributed by atoms with Crippen molar-refractivity contribution < 1.29 is 23.4 Å². The second kappa shape index (κ2) is 11.1. The number of furan rings is 1. The van der Waals surface area contributed by atoms with Crippen molar-refractivity contribution in [3.05, 3.63) is 95.7 Å². The zero-order valence-corrected chi connectivity index (χ0v) is 22.7. The van der Waals surface area contributed by atoms with Gasteiger partial charge in [0.25, 0.3) is 5.19 Å². The molecule has 6 rings (SSSR count). The molecule has 202 valence electrons. The number of carbonyl (C=O) groups excluding carboxylic acids is 1. The highest BCUT2D eigenvalue weighted by atomic mass is 32.1. The van der Waals surface area contributed by atoms with Gasteiger partial charge in [-0.2, -0.15) is 0 Å². The Morgan fingerprint density at radius 3 is 2.60 bits per heavy atom. The van der Waals surface area contributed by atoms with E-state index in [0.717, 1.165) is 22.1 Å². The van der Waals surface area contributed by atoms with Crippen molar-refractivity contribution in [1.82, 2.24) is 19.9 Å². The first-order chi connectivity index (χ1) is 19.6. The average molecular weight is 555 g/mol. The van der Waals surface area contributed by atoms with Crippen molar-refractivity contribution in [2.45, 2.75) is 19.6 Å². The third kappa shape index (κ3) is 5.48. The van der Waals surface area contributed by atoms with Crippen molar-refractivity contribution in [2.24, 2.45) is 0 Å². The highest BCUT2D eigenvalue weighted by Gasteiger charge is 2.17. The fourth-order valence-corrected chi connectivity index (χ4v) is 5.06. The normalized spacial score (nSPS) is 11.2. The van der Waals surface area contributed by atoms with Crippen molar-refractivity contribution in [2.75, 3.05) is 14.2 Å². The van der Waals surface area contributed by atoms with Gasteiger partial charge in [0.2, 0.25) is 10.9 Å². The summed E-state index contributed by atoms with van der Waals surface area (Å²) in [4.78, 5) is 17.8. The first-order valence-electron chi connectivity index (χ1n) is 12.6. The summed E-state index contributed by atoms with van der Waals surface area (Å²) < 4.78 is 24.7. The minimum absolute atomic E-state index is 0.0323. The summed E-state index contributed by atoms with van der Waals surface area (Å²) in [5, 5.41) is 8.64. The van der Waals surface area contributed by atoms with E-state index >= 15 is 0 Å². The lowest BCUT2D eigenvalue weighted by Crippen LogP contribution is -2.24. The summed E-state index contributed by atoms with van der Waals surface area (Å²) in [6.45, 7) is 0.814. The van der Waals surface area contributed by atoms with E-state index in [0.29, 0.717) is 51.8 Å². The Hall–Kier alpha value is -4.83. The topological polar surface area (TPSA) is 100 Å². The van der Waals surface area contributed by atoms with E-state index in [2.05, 4.69) is 15.4 Å². The number of hydrogen-bond donors (Lipinski definition) is 1. The van der Waals surface area contributed by atoms with Crippen LogP contribution in [0.2, 0.25) is 0 Å². The van der Waals surface area contributed by atoms with Crippen LogP contribution in [0.4, 0.5) is 0 Å². The molecule has 3 aromatic carbocycles. The van der Waals surface area contributed by atoms with Crippen LogP contribution < -0.4 is 19.5 Å². The van der Waals surface area contributed by atoms with Gasteiger partial charge in [-0.3, -0.25) is 4.79 Å². The Morgan fingerprint density at radius 2 is 1.80 bits per heavy atom. The first-order valence-corrected chi connectivity index (χ1v) is 13.4. The molecule has 0 atom stereocenters. The van der Waals surface area contributed by atoms with Crippen molar-refractivity contribution in [3.8, 4) is 28.1 Å². The molecular formula is C30H26N4O5S. The zero-order valence-electron chi connectivity index (χ0n) is 21.9. The van der Waals surface area contributed by atoms with Crippen LogP contribution in [0.25, 0.3) is 27.4 Å². The number of nitrogens with one attached hydrogen (secondary N) is 1. The van der Waals surface area contributed by atoms with Crippen LogP contribution in [0.5, 0.6) is 16.7 Å². The number of carbonyl (C=O) groups is 1. The minimum atomic E-state index is -0.0323. The van der Waals surface area contributed by atoms with Gasteiger partial charge in [0, 0.05) is 18.7 Å². The molecule has 40 heavy (non-hydrogen) atoms. The Balaban J connectivity index is 1.17. The quantitative estimate of drug-likeness (QED) is 0.233. The second-order valence-corrected chi connectivity index (χ2v) is 10.0. The summed E-state index contributed by atoms with van der Waals surface area (Å²) in [5.74, 6) is 1.80. The van der Waals surface area contributed by atoms with Crippen LogP contribution in [0.1, 0.15) is 16.7 Å². The van der Waals surface area contributed by atoms with Crippen molar-refractivity contribution >= 4 is 33.2 Å². The van der Waals surface area contributed by atoms with Gasteiger partial charge in [-0.1, -0.05) is 54.6 Å². The van der Waals surface area contributed by atoms with Gasteiger partial charge in [0.1, 0.15) is 29.4 Å². The van der Waals surface area contributed by atoms with Gasteiger partial charge in [-0.15, -0.1) is 5.10 Å². The van der Waals surface area contributed by atoms with Gasteiger partial charge < -0.3 is 23.9 Å². The smallest absolute Gasteiger partial charge is 0.294 e. The first kappa shape index (κ1) is 25.4. The van der Waals surface area contributed by atoms with Gasteiger partial charge in [-0.05, 0) is 34.1 Å². The maximum absolute atomic E-state index is 12.5. The third-order valence-corrected chi connectivity index (χ3v) is 7.23. The van der Waals surface area contributed by atoms with Crippen LogP contribution in [0, 0.1) is 0 Å². The minimum Gasteiger partial charge on any atom is -0.496 e. The molecule has 0 bridgehead atoms. The number of rotatable bonds is 10. The molecule has 6 aromatic rings. The van der Waals surface area contributed by atoms with E-state index in [9.17, 15) is 4.79 Å². The van der Waals surface area contributed by atoms with E-state index in [1.54, 1.807) is 24.9 Å². The number of amides is 1. The van der Waals surface area contributed by atoms with Crippen LogP contribution >= 0.6 is 11.3 Å². The number of ether oxygens (including phenoxy) is 3. The molecule has 0 aliphatic heterocycles. The lowest BCUT2D eigenvalue weighted by molar-refractivity contribution is -0.120. The fraction of sp³-hybridized carbons (Fsp3) is 0.167. The lowest BCUT2D eigenvalue weighted by Gasteiger charge is -2.10. The van der Waals surface area contributed by atoms with Crippen molar-refractivity contribution in [1.29, 1.82) is 0 Å². The monoisotopic (exact) mass is 554 g/mol. The molecule has 0 saturated heterocycles. The van der Waals surface area contributed by atoms with Crippen LogP contribution in [0.3, 0.4) is 0 Å². The summed E-state index contributed by atoms with van der Waals surface area (Å²) in [6.07, 6.45) is 2.09. The molecule has 10 heteroatoms. The predicted molar refractivity (Wildman–Crippen MR) is 152 cm³/mol. The van der Waals surface area contributed by atoms with Crippen molar-refractivity contribution in [3.63, 3.8) is 0 Å². The number of nitrogens with zero attached hydrogens (tertiary/aromatic N) is 3. The van der Waals surface area contributed by atoms with E-state index in [4.69, 9.17) is 18.6 Å². The summed E-state index contributed by atoms with van der Waals surface area (Å²) in [7, 11) is 3.18. The molecule has 0 aliphatic rings. The van der Waals surface area contributed by atoms with E-state index in [-0.39, 0.29) is 12.3 Å². The average Bonchev–Trinajstić information content (AvgIpc) is 3.68. The third-order valence-electron chi connectivity index (χ3n) is 6.34. The number of aromatic nitrogens is 3. The molecule has 9 nitrogen and oxygen atoms in total. The zero-order chi connectivity index (χ0) is 27.5. The van der Waals surface area contributed by atoms with E-state index < -0.39 is 0 Å². The molecule has 0 radical (unpaired) electrons. The van der Waals surface area contributed by atoms with Crippen LogP contribution in [0.15, 0.2) is 83.4 Å². The molecular weight excluding hydrogens is 528 g/mol. The molecule has 3 heterocycles. The summed E-state index contributed by atoms with van der Waals surface area (Å²) >= 11 is 1.35.